The second-order valence-electron chi connectivity index (χ2n) is 5.00. The van der Waals surface area contributed by atoms with Crippen LogP contribution in [-0.2, 0) is 9.59 Å². The van der Waals surface area contributed by atoms with Crippen LogP contribution in [0.4, 0.5) is 0 Å². The topological polar surface area (TPSA) is 70.8 Å². The lowest BCUT2D eigenvalue weighted by molar-refractivity contribution is -0.140. The first-order valence-corrected chi connectivity index (χ1v) is 10.2. The number of nitrogens with zero attached hydrogens (tertiary/aromatic N) is 1. The van der Waals surface area contributed by atoms with Gasteiger partial charge < -0.3 is 9.52 Å². The van der Waals surface area contributed by atoms with Gasteiger partial charge in [-0.15, -0.1) is 0 Å². The van der Waals surface area contributed by atoms with Gasteiger partial charge >= 0.3 is 5.97 Å². The number of carbonyl (C=O) groups excluding carboxylic acids is 1. The van der Waals surface area contributed by atoms with Crippen LogP contribution in [0.5, 0.6) is 0 Å². The van der Waals surface area contributed by atoms with Crippen molar-refractivity contribution in [2.24, 2.45) is 0 Å². The Labute approximate surface area is 175 Å². The van der Waals surface area contributed by atoms with E-state index in [-0.39, 0.29) is 4.32 Å². The molecular weight excluding hydrogens is 482 g/mol. The number of carboxylic acid groups (broad SMARTS) is 1. The summed E-state index contributed by atoms with van der Waals surface area (Å²) in [5, 5.41) is 10.1. The molecule has 0 spiro atoms. The molecule has 1 aliphatic heterocycles. The molecule has 1 aromatic carbocycles. The van der Waals surface area contributed by atoms with E-state index >= 15 is 0 Å². The van der Waals surface area contributed by atoms with Crippen LogP contribution < -0.4 is 0 Å². The summed E-state index contributed by atoms with van der Waals surface area (Å²) in [6.45, 7) is -0.457. The lowest BCUT2D eigenvalue weighted by Gasteiger charge is -2.09. The van der Waals surface area contributed by atoms with Gasteiger partial charge in [0.15, 0.2) is 5.09 Å². The Morgan fingerprint density at radius 1 is 1.42 bits per heavy atom. The number of benzene rings is 1. The zero-order valence-corrected chi connectivity index (χ0v) is 17.6. The summed E-state index contributed by atoms with van der Waals surface area (Å²) in [5.41, 5.74) is 0. The lowest BCUT2D eigenvalue weighted by Crippen LogP contribution is -2.33. The van der Waals surface area contributed by atoms with Gasteiger partial charge in [-0.25, -0.2) is 0 Å². The molecular formula is C16H9BrClNO4S3. The number of halogens is 2. The van der Waals surface area contributed by atoms with Gasteiger partial charge in [0.05, 0.1) is 9.38 Å². The van der Waals surface area contributed by atoms with Gasteiger partial charge in [-0.05, 0) is 46.3 Å². The number of hydrogen-bond acceptors (Lipinski definition) is 6. The highest BCUT2D eigenvalue weighted by Crippen LogP contribution is 2.38. The van der Waals surface area contributed by atoms with Gasteiger partial charge in [0.1, 0.15) is 16.6 Å². The first-order valence-electron chi connectivity index (χ1n) is 7.03. The fourth-order valence-corrected chi connectivity index (χ4v) is 4.71. The zero-order chi connectivity index (χ0) is 18.8. The van der Waals surface area contributed by atoms with Crippen molar-refractivity contribution >= 4 is 85.5 Å². The van der Waals surface area contributed by atoms with Gasteiger partial charge in [0.2, 0.25) is 0 Å². The highest BCUT2D eigenvalue weighted by Gasteiger charge is 2.33. The van der Waals surface area contributed by atoms with Crippen molar-refractivity contribution in [1.29, 1.82) is 0 Å². The molecule has 10 heteroatoms. The molecule has 1 amide bonds. The maximum Gasteiger partial charge on any atom is 0.323 e. The van der Waals surface area contributed by atoms with Crippen molar-refractivity contribution in [3.05, 3.63) is 50.5 Å². The minimum atomic E-state index is -1.12. The van der Waals surface area contributed by atoms with E-state index in [0.717, 1.165) is 26.0 Å². The molecule has 1 aromatic heterocycles. The lowest BCUT2D eigenvalue weighted by atomic mass is 10.3. The number of thiocarbonyl (C=S) groups is 1. The molecule has 0 unspecified atom stereocenters. The van der Waals surface area contributed by atoms with Gasteiger partial charge in [0.25, 0.3) is 5.91 Å². The molecule has 0 radical (unpaired) electrons. The third-order valence-electron chi connectivity index (χ3n) is 3.14. The molecule has 1 aliphatic rings. The van der Waals surface area contributed by atoms with Crippen LogP contribution in [0.3, 0.4) is 0 Å². The number of rotatable bonds is 5. The fraction of sp³-hybridized carbons (Fsp3) is 0.0625. The number of aliphatic carboxylic acids is 1. The molecule has 5 nitrogen and oxygen atoms in total. The maximum atomic E-state index is 12.3. The second-order valence-corrected chi connectivity index (χ2v) is 9.01. The summed E-state index contributed by atoms with van der Waals surface area (Å²) in [4.78, 5) is 25.4. The molecule has 26 heavy (non-hydrogen) atoms. The summed E-state index contributed by atoms with van der Waals surface area (Å²) in [6, 6.07) is 9.06. The van der Waals surface area contributed by atoms with Crippen molar-refractivity contribution < 1.29 is 19.1 Å². The van der Waals surface area contributed by atoms with Gasteiger partial charge in [0, 0.05) is 16.0 Å². The summed E-state index contributed by atoms with van der Waals surface area (Å²) in [7, 11) is 0. The van der Waals surface area contributed by atoms with E-state index in [9.17, 15) is 9.59 Å². The van der Waals surface area contributed by atoms with E-state index in [1.807, 2.05) is 12.1 Å². The number of carboxylic acids is 1. The van der Waals surface area contributed by atoms with Crippen LogP contribution in [0.25, 0.3) is 6.08 Å². The van der Waals surface area contributed by atoms with Crippen molar-refractivity contribution in [2.75, 3.05) is 6.54 Å². The quantitative estimate of drug-likeness (QED) is 0.460. The van der Waals surface area contributed by atoms with Crippen LogP contribution in [-0.4, -0.2) is 32.7 Å². The van der Waals surface area contributed by atoms with Crippen LogP contribution in [0, 0.1) is 0 Å². The van der Waals surface area contributed by atoms with E-state index in [1.54, 1.807) is 24.3 Å². The molecule has 134 valence electrons. The van der Waals surface area contributed by atoms with Gasteiger partial charge in [-0.3, -0.25) is 14.5 Å². The Morgan fingerprint density at radius 2 is 2.12 bits per heavy atom. The molecule has 3 rings (SSSR count). The van der Waals surface area contributed by atoms with Gasteiger partial charge in [-0.2, -0.15) is 0 Å². The Bertz CT molecular complexity index is 926. The van der Waals surface area contributed by atoms with Crippen molar-refractivity contribution in [3.8, 4) is 0 Å². The summed E-state index contributed by atoms with van der Waals surface area (Å²) >= 11 is 16.8. The predicted molar refractivity (Wildman–Crippen MR) is 109 cm³/mol. The van der Waals surface area contributed by atoms with Crippen LogP contribution in [0.2, 0.25) is 5.02 Å². The second kappa shape index (κ2) is 8.18. The standard InChI is InChI=1S/C16H9BrClNO4S3/c17-11-5-9(23-15(11)25-10-3-1-8(18)2-4-10)6-12-14(22)19(7-13(20)21)16(24)26-12/h1-6H,7H2,(H,20,21). The molecule has 0 saturated carbocycles. The van der Waals surface area contributed by atoms with E-state index in [2.05, 4.69) is 15.9 Å². The maximum absolute atomic E-state index is 12.3. The average molecular weight is 491 g/mol. The average Bonchev–Trinajstić information content (AvgIpc) is 3.04. The predicted octanol–water partition coefficient (Wildman–Crippen LogP) is 5.13. The Balaban J connectivity index is 1.79. The Morgan fingerprint density at radius 3 is 2.77 bits per heavy atom. The van der Waals surface area contributed by atoms with Crippen molar-refractivity contribution in [3.63, 3.8) is 0 Å². The molecule has 1 saturated heterocycles. The fourth-order valence-electron chi connectivity index (χ4n) is 2.02. The van der Waals surface area contributed by atoms with Crippen LogP contribution in [0.15, 0.2) is 54.1 Å². The highest BCUT2D eigenvalue weighted by molar-refractivity contribution is 9.10. The largest absolute Gasteiger partial charge is 0.480 e. The number of hydrogen-bond donors (Lipinski definition) is 1. The number of furan rings is 1. The summed E-state index contributed by atoms with van der Waals surface area (Å²) < 4.78 is 6.73. The third-order valence-corrected chi connectivity index (χ3v) is 6.62. The monoisotopic (exact) mass is 489 g/mol. The van der Waals surface area contributed by atoms with E-state index in [4.69, 9.17) is 33.3 Å². The highest BCUT2D eigenvalue weighted by atomic mass is 79.9. The number of carbonyl (C=O) groups is 2. The molecule has 0 aliphatic carbocycles. The minimum absolute atomic E-state index is 0.213. The molecule has 0 bridgehead atoms. The first-order chi connectivity index (χ1) is 12.3. The van der Waals surface area contributed by atoms with Crippen molar-refractivity contribution in [2.45, 2.75) is 9.99 Å². The van der Waals surface area contributed by atoms with E-state index in [1.165, 1.54) is 11.8 Å². The summed E-state index contributed by atoms with van der Waals surface area (Å²) in [6.07, 6.45) is 1.55. The normalized spacial score (nSPS) is 15.9. The zero-order valence-electron chi connectivity index (χ0n) is 12.8. The summed E-state index contributed by atoms with van der Waals surface area (Å²) in [5.74, 6) is -1.10. The van der Waals surface area contributed by atoms with E-state index < -0.39 is 18.4 Å². The molecule has 2 aromatic rings. The molecule has 1 fully saturated rings. The Kier molecular flexibility index (Phi) is 6.13. The van der Waals surface area contributed by atoms with Crippen molar-refractivity contribution in [1.82, 2.24) is 4.90 Å². The van der Waals surface area contributed by atoms with Crippen LogP contribution in [0.1, 0.15) is 5.76 Å². The molecule has 1 N–H and O–H groups in total. The number of thioether (sulfide) groups is 1. The minimum Gasteiger partial charge on any atom is -0.480 e. The molecule has 2 heterocycles. The molecule has 0 atom stereocenters. The SMILES string of the molecule is O=C(O)CN1C(=O)C(=Cc2cc(Br)c(Sc3ccc(Cl)cc3)o2)SC1=S. The Hall–Kier alpha value is -1.26. The van der Waals surface area contributed by atoms with Gasteiger partial charge in [-0.1, -0.05) is 47.3 Å². The first kappa shape index (κ1) is 19.5. The smallest absolute Gasteiger partial charge is 0.323 e. The third kappa shape index (κ3) is 4.52. The van der Waals surface area contributed by atoms with E-state index in [0.29, 0.717) is 20.8 Å². The van der Waals surface area contributed by atoms with Crippen LogP contribution >= 0.6 is 63.3 Å². The number of amides is 1.